The van der Waals surface area contributed by atoms with Crippen LogP contribution in [0.15, 0.2) is 66.9 Å². The Labute approximate surface area is 253 Å². The standard InChI is InChI=1S/C31H39N5O5.ClH/c1-22(2)29-31(40)35(26(24-12-8-5-9-13-24)19-36(29)28(38)21-41-3)20-27(37)33-25(18-23-10-6-4-7-11-23)30(39)34-16-14-32-15-17-34;/h4-13,19,22,25,29,32H,14-18,20-21H2,1-3H3,(H,33,37);1H/t25-,29-;/m0./s1. The van der Waals surface area contributed by atoms with Crippen LogP contribution in [0.1, 0.15) is 25.0 Å². The van der Waals surface area contributed by atoms with Gasteiger partial charge < -0.3 is 25.2 Å². The molecule has 2 aromatic rings. The Balaban J connectivity index is 0.00000484. The van der Waals surface area contributed by atoms with Gasteiger partial charge in [-0.2, -0.15) is 0 Å². The average Bonchev–Trinajstić information content (AvgIpc) is 2.98. The van der Waals surface area contributed by atoms with Crippen LogP contribution in [0.2, 0.25) is 0 Å². The first-order chi connectivity index (χ1) is 19.8. The number of rotatable bonds is 10. The van der Waals surface area contributed by atoms with Gasteiger partial charge in [-0.3, -0.25) is 24.1 Å². The molecule has 0 bridgehead atoms. The van der Waals surface area contributed by atoms with E-state index in [9.17, 15) is 19.2 Å². The second kappa shape index (κ2) is 15.5. The van der Waals surface area contributed by atoms with E-state index in [0.29, 0.717) is 43.9 Å². The molecule has 2 aliphatic heterocycles. The molecular formula is C31H40ClN5O5. The summed E-state index contributed by atoms with van der Waals surface area (Å²) in [5, 5.41) is 6.17. The minimum atomic E-state index is -0.805. The molecule has 2 N–H and O–H groups in total. The van der Waals surface area contributed by atoms with Gasteiger partial charge in [0.2, 0.25) is 11.8 Å². The van der Waals surface area contributed by atoms with Crippen LogP contribution in [0.4, 0.5) is 0 Å². The lowest BCUT2D eigenvalue weighted by atomic mass is 9.97. The maximum absolute atomic E-state index is 14.0. The molecular weight excluding hydrogens is 558 g/mol. The number of hydrogen-bond donors (Lipinski definition) is 2. The highest BCUT2D eigenvalue weighted by molar-refractivity contribution is 6.00. The fourth-order valence-corrected chi connectivity index (χ4v) is 5.25. The van der Waals surface area contributed by atoms with E-state index in [-0.39, 0.29) is 49.2 Å². The fraction of sp³-hybridized carbons (Fsp3) is 0.419. The normalized spacial score (nSPS) is 17.8. The number of ether oxygens (including phenoxy) is 1. The van der Waals surface area contributed by atoms with E-state index in [2.05, 4.69) is 10.6 Å². The molecule has 1 saturated heterocycles. The Hall–Kier alpha value is -3.73. The SMILES string of the molecule is COCC(=O)N1C=C(c2ccccc2)N(CC(=O)N[C@@H](Cc2ccccc2)C(=O)N2CCNCC2)C(=O)[C@@H]1C(C)C.Cl. The lowest BCUT2D eigenvalue weighted by Crippen LogP contribution is -2.58. The molecule has 2 aliphatic rings. The predicted octanol–water partition coefficient (Wildman–Crippen LogP) is 1.91. The molecule has 226 valence electrons. The zero-order chi connectivity index (χ0) is 29.4. The number of nitrogens with one attached hydrogen (secondary N) is 2. The summed E-state index contributed by atoms with van der Waals surface area (Å²) in [5.74, 6) is -1.54. The molecule has 0 aliphatic carbocycles. The lowest BCUT2D eigenvalue weighted by Gasteiger charge is -2.41. The first kappa shape index (κ1) is 32.8. The van der Waals surface area contributed by atoms with Crippen molar-refractivity contribution in [2.75, 3.05) is 46.4 Å². The Morgan fingerprint density at radius 2 is 1.62 bits per heavy atom. The zero-order valence-electron chi connectivity index (χ0n) is 24.3. The van der Waals surface area contributed by atoms with Gasteiger partial charge in [-0.15, -0.1) is 12.4 Å². The van der Waals surface area contributed by atoms with Gasteiger partial charge in [0.1, 0.15) is 25.2 Å². The van der Waals surface area contributed by atoms with Gasteiger partial charge in [0.15, 0.2) is 0 Å². The van der Waals surface area contributed by atoms with Gasteiger partial charge in [-0.25, -0.2) is 0 Å². The van der Waals surface area contributed by atoms with Gasteiger partial charge in [0, 0.05) is 45.9 Å². The number of amides is 4. The van der Waals surface area contributed by atoms with Crippen LogP contribution in [0.3, 0.4) is 0 Å². The summed E-state index contributed by atoms with van der Waals surface area (Å²) in [4.78, 5) is 58.7. The van der Waals surface area contributed by atoms with Gasteiger partial charge in [-0.05, 0) is 17.0 Å². The summed E-state index contributed by atoms with van der Waals surface area (Å²) in [7, 11) is 1.43. The molecule has 4 rings (SSSR count). The Morgan fingerprint density at radius 1 is 1.00 bits per heavy atom. The molecule has 0 unspecified atom stereocenters. The van der Waals surface area contributed by atoms with Crippen LogP contribution in [-0.4, -0.2) is 96.9 Å². The number of carbonyl (C=O) groups is 4. The fourth-order valence-electron chi connectivity index (χ4n) is 5.25. The predicted molar refractivity (Wildman–Crippen MR) is 162 cm³/mol. The molecule has 2 atom stereocenters. The minimum Gasteiger partial charge on any atom is -0.375 e. The highest BCUT2D eigenvalue weighted by Crippen LogP contribution is 2.30. The van der Waals surface area contributed by atoms with Crippen molar-refractivity contribution in [3.63, 3.8) is 0 Å². The van der Waals surface area contributed by atoms with E-state index in [0.717, 1.165) is 5.56 Å². The highest BCUT2D eigenvalue weighted by atomic mass is 35.5. The maximum Gasteiger partial charge on any atom is 0.253 e. The topological polar surface area (TPSA) is 111 Å². The quantitative estimate of drug-likeness (QED) is 0.433. The van der Waals surface area contributed by atoms with E-state index < -0.39 is 18.0 Å². The maximum atomic E-state index is 14.0. The highest BCUT2D eigenvalue weighted by Gasteiger charge is 2.41. The van der Waals surface area contributed by atoms with E-state index in [1.54, 1.807) is 11.1 Å². The van der Waals surface area contributed by atoms with Crippen LogP contribution in [-0.2, 0) is 30.3 Å². The molecule has 10 nitrogen and oxygen atoms in total. The largest absolute Gasteiger partial charge is 0.375 e. The van der Waals surface area contributed by atoms with Gasteiger partial charge in [0.25, 0.3) is 11.8 Å². The van der Waals surface area contributed by atoms with E-state index in [1.165, 1.54) is 16.9 Å². The second-order valence-electron chi connectivity index (χ2n) is 10.6. The number of carbonyl (C=O) groups excluding carboxylic acids is 4. The Morgan fingerprint density at radius 3 is 2.21 bits per heavy atom. The van der Waals surface area contributed by atoms with Crippen LogP contribution >= 0.6 is 12.4 Å². The summed E-state index contributed by atoms with van der Waals surface area (Å²) in [5.41, 5.74) is 2.04. The minimum absolute atomic E-state index is 0. The van der Waals surface area contributed by atoms with E-state index in [4.69, 9.17) is 4.74 Å². The van der Waals surface area contributed by atoms with Crippen molar-refractivity contribution in [1.82, 2.24) is 25.3 Å². The molecule has 0 aromatic heterocycles. The van der Waals surface area contributed by atoms with Crippen LogP contribution in [0.5, 0.6) is 0 Å². The van der Waals surface area contributed by atoms with E-state index >= 15 is 0 Å². The first-order valence-corrected chi connectivity index (χ1v) is 14.0. The van der Waals surface area contributed by atoms with Crippen molar-refractivity contribution in [3.05, 3.63) is 78.0 Å². The number of hydrogen-bond acceptors (Lipinski definition) is 6. The summed E-state index contributed by atoms with van der Waals surface area (Å²) in [6.07, 6.45) is 1.96. The summed E-state index contributed by atoms with van der Waals surface area (Å²) >= 11 is 0. The van der Waals surface area contributed by atoms with Crippen LogP contribution < -0.4 is 10.6 Å². The molecule has 0 saturated carbocycles. The third kappa shape index (κ3) is 7.96. The average molecular weight is 598 g/mol. The molecule has 2 heterocycles. The summed E-state index contributed by atoms with van der Waals surface area (Å²) in [6, 6.07) is 17.1. The molecule has 11 heteroatoms. The lowest BCUT2D eigenvalue weighted by molar-refractivity contribution is -0.147. The van der Waals surface area contributed by atoms with Crippen LogP contribution in [0.25, 0.3) is 5.70 Å². The van der Waals surface area contributed by atoms with Gasteiger partial charge in [0.05, 0.1) is 5.70 Å². The number of methoxy groups -OCH3 is 1. The molecule has 0 spiro atoms. The zero-order valence-corrected chi connectivity index (χ0v) is 25.1. The molecule has 4 amide bonds. The Kier molecular flexibility index (Phi) is 12.1. The number of nitrogens with zero attached hydrogens (tertiary/aromatic N) is 3. The van der Waals surface area contributed by atoms with Crippen molar-refractivity contribution in [2.45, 2.75) is 32.4 Å². The third-order valence-electron chi connectivity index (χ3n) is 7.27. The summed E-state index contributed by atoms with van der Waals surface area (Å²) < 4.78 is 5.07. The van der Waals surface area contributed by atoms with Gasteiger partial charge >= 0.3 is 0 Å². The van der Waals surface area contributed by atoms with Crippen molar-refractivity contribution >= 4 is 41.7 Å². The molecule has 1 fully saturated rings. The molecule has 42 heavy (non-hydrogen) atoms. The Bertz CT molecular complexity index is 1250. The third-order valence-corrected chi connectivity index (χ3v) is 7.27. The van der Waals surface area contributed by atoms with Crippen molar-refractivity contribution < 1.29 is 23.9 Å². The van der Waals surface area contributed by atoms with Crippen LogP contribution in [0, 0.1) is 5.92 Å². The van der Waals surface area contributed by atoms with Crippen molar-refractivity contribution in [1.29, 1.82) is 0 Å². The number of benzene rings is 2. The number of halogens is 1. The molecule has 2 aromatic carbocycles. The monoisotopic (exact) mass is 597 g/mol. The summed E-state index contributed by atoms with van der Waals surface area (Å²) in [6.45, 7) is 5.76. The smallest absolute Gasteiger partial charge is 0.253 e. The first-order valence-electron chi connectivity index (χ1n) is 14.0. The van der Waals surface area contributed by atoms with Crippen molar-refractivity contribution in [3.8, 4) is 0 Å². The van der Waals surface area contributed by atoms with Gasteiger partial charge in [-0.1, -0.05) is 74.5 Å². The van der Waals surface area contributed by atoms with E-state index in [1.807, 2.05) is 74.5 Å². The molecule has 0 radical (unpaired) electrons. The number of piperazine rings is 1. The second-order valence-corrected chi connectivity index (χ2v) is 10.6. The van der Waals surface area contributed by atoms with Crippen molar-refractivity contribution in [2.24, 2.45) is 5.92 Å².